The molecule has 1 saturated heterocycles. The van der Waals surface area contributed by atoms with Gasteiger partial charge in [0, 0.05) is 48.2 Å². The van der Waals surface area contributed by atoms with Crippen molar-refractivity contribution >= 4 is 39.2 Å². The van der Waals surface area contributed by atoms with Crippen LogP contribution in [0.3, 0.4) is 0 Å². The first-order chi connectivity index (χ1) is 15.1. The Morgan fingerprint density at radius 3 is 2.25 bits per heavy atom. The number of aryl methyl sites for hydroxylation is 1. The number of amides is 2. The summed E-state index contributed by atoms with van der Waals surface area (Å²) in [6.07, 6.45) is 2.49. The van der Waals surface area contributed by atoms with Gasteiger partial charge in [-0.05, 0) is 55.0 Å². The lowest BCUT2D eigenvalue weighted by atomic mass is 10.1. The van der Waals surface area contributed by atoms with E-state index in [0.29, 0.717) is 21.8 Å². The molecule has 1 aliphatic rings. The smallest absolute Gasteiger partial charge is 0.313 e. The number of nitrogens with zero attached hydrogens (tertiary/aromatic N) is 3. The van der Waals surface area contributed by atoms with Crippen molar-refractivity contribution in [1.29, 1.82) is 0 Å². The van der Waals surface area contributed by atoms with Crippen molar-refractivity contribution in [3.05, 3.63) is 76.9 Å². The van der Waals surface area contributed by atoms with Gasteiger partial charge in [0.15, 0.2) is 0 Å². The van der Waals surface area contributed by atoms with Crippen LogP contribution in [0.1, 0.15) is 27.1 Å². The molecular weight excluding hydrogens is 456 g/mol. The van der Waals surface area contributed by atoms with E-state index in [1.54, 1.807) is 60.5 Å². The Balaban J connectivity index is 0.000000243. The second-order valence-electron chi connectivity index (χ2n) is 6.99. The molecule has 9 nitrogen and oxygen atoms in total. The molecule has 0 radical (unpaired) electrons. The molecule has 0 unspecified atom stereocenters. The van der Waals surface area contributed by atoms with Crippen LogP contribution in [0.5, 0.6) is 0 Å². The molecule has 0 bridgehead atoms. The number of likely N-dealkylation sites (tertiary alicyclic amines) is 1. The molecule has 1 fully saturated rings. The number of nitrogens with one attached hydrogen (secondary N) is 1. The largest absolute Gasteiger partial charge is 0.339 e. The maximum atomic E-state index is 12.2. The average molecular weight is 477 g/mol. The van der Waals surface area contributed by atoms with E-state index in [0.717, 1.165) is 19.5 Å². The number of hydrogen-bond donors (Lipinski definition) is 2. The summed E-state index contributed by atoms with van der Waals surface area (Å²) in [5.74, 6) is -0.223. The molecule has 0 atom stereocenters. The van der Waals surface area contributed by atoms with E-state index in [1.165, 1.54) is 16.9 Å². The molecule has 32 heavy (non-hydrogen) atoms. The number of rotatable bonds is 4. The van der Waals surface area contributed by atoms with Gasteiger partial charge in [-0.1, -0.05) is 17.7 Å². The fourth-order valence-electron chi connectivity index (χ4n) is 2.77. The first-order valence-corrected chi connectivity index (χ1v) is 11.4. The summed E-state index contributed by atoms with van der Waals surface area (Å²) in [5, 5.41) is 6.51. The summed E-state index contributed by atoms with van der Waals surface area (Å²) in [6, 6.07) is 14.9. The van der Waals surface area contributed by atoms with Crippen molar-refractivity contribution in [2.45, 2.75) is 11.4 Å². The van der Waals surface area contributed by atoms with Gasteiger partial charge in [0.25, 0.3) is 11.8 Å². The third-order valence-electron chi connectivity index (χ3n) is 4.57. The molecular formula is C21H21ClN4O5S. The summed E-state index contributed by atoms with van der Waals surface area (Å²) >= 11 is 5.81. The van der Waals surface area contributed by atoms with Gasteiger partial charge in [-0.3, -0.25) is 18.8 Å². The molecule has 168 valence electrons. The Bertz CT molecular complexity index is 1220. The SMILES string of the molecule is Cn1ccc(S(=O)(=O)O)n1.O=C(Nc1cccc(C(=O)N2CCC2)c1)c1ccc(Cl)cc1. The molecule has 2 heterocycles. The van der Waals surface area contributed by atoms with Crippen LogP contribution >= 0.6 is 11.6 Å². The summed E-state index contributed by atoms with van der Waals surface area (Å²) in [7, 11) is -2.55. The topological polar surface area (TPSA) is 122 Å². The van der Waals surface area contributed by atoms with Gasteiger partial charge in [0.05, 0.1) is 0 Å². The highest BCUT2D eigenvalue weighted by Gasteiger charge is 2.21. The van der Waals surface area contributed by atoms with Crippen molar-refractivity contribution in [2.24, 2.45) is 7.05 Å². The number of hydrogen-bond acceptors (Lipinski definition) is 5. The van der Waals surface area contributed by atoms with Crippen LogP contribution in [-0.4, -0.2) is 52.6 Å². The highest BCUT2D eigenvalue weighted by atomic mass is 35.5. The van der Waals surface area contributed by atoms with Gasteiger partial charge in [-0.15, -0.1) is 0 Å². The van der Waals surface area contributed by atoms with Crippen molar-refractivity contribution < 1.29 is 22.6 Å². The van der Waals surface area contributed by atoms with Crippen LogP contribution in [0.2, 0.25) is 5.02 Å². The van der Waals surface area contributed by atoms with E-state index >= 15 is 0 Å². The summed E-state index contributed by atoms with van der Waals surface area (Å²) in [5.41, 5.74) is 1.71. The fourth-order valence-corrected chi connectivity index (χ4v) is 3.36. The Morgan fingerprint density at radius 2 is 1.75 bits per heavy atom. The lowest BCUT2D eigenvalue weighted by Crippen LogP contribution is -2.42. The van der Waals surface area contributed by atoms with E-state index in [-0.39, 0.29) is 16.8 Å². The van der Waals surface area contributed by atoms with Crippen LogP contribution in [0.25, 0.3) is 0 Å². The van der Waals surface area contributed by atoms with Gasteiger partial charge in [0.2, 0.25) is 5.03 Å². The number of carbonyl (C=O) groups excluding carboxylic acids is 2. The molecule has 2 amide bonds. The van der Waals surface area contributed by atoms with Crippen LogP contribution in [0, 0.1) is 0 Å². The predicted octanol–water partition coefficient (Wildman–Crippen LogP) is 3.11. The quantitative estimate of drug-likeness (QED) is 0.558. The minimum atomic E-state index is -4.11. The summed E-state index contributed by atoms with van der Waals surface area (Å²) in [4.78, 5) is 26.1. The highest BCUT2D eigenvalue weighted by Crippen LogP contribution is 2.17. The Morgan fingerprint density at radius 1 is 1.06 bits per heavy atom. The van der Waals surface area contributed by atoms with Crippen molar-refractivity contribution in [2.75, 3.05) is 18.4 Å². The van der Waals surface area contributed by atoms with Gasteiger partial charge >= 0.3 is 10.1 Å². The van der Waals surface area contributed by atoms with Crippen molar-refractivity contribution in [3.8, 4) is 0 Å². The van der Waals surface area contributed by atoms with Crippen LogP contribution in [0.15, 0.2) is 65.8 Å². The number of anilines is 1. The molecule has 3 aromatic rings. The van der Waals surface area contributed by atoms with E-state index in [2.05, 4.69) is 10.4 Å². The van der Waals surface area contributed by atoms with Crippen LogP contribution < -0.4 is 5.32 Å². The van der Waals surface area contributed by atoms with E-state index in [4.69, 9.17) is 16.2 Å². The van der Waals surface area contributed by atoms with Gasteiger partial charge < -0.3 is 10.2 Å². The number of aromatic nitrogens is 2. The van der Waals surface area contributed by atoms with E-state index < -0.39 is 10.1 Å². The van der Waals surface area contributed by atoms with Crippen molar-refractivity contribution in [1.82, 2.24) is 14.7 Å². The molecule has 0 saturated carbocycles. The second-order valence-corrected chi connectivity index (χ2v) is 8.80. The zero-order valence-corrected chi connectivity index (χ0v) is 18.7. The average Bonchev–Trinajstić information content (AvgIpc) is 3.15. The molecule has 0 aliphatic carbocycles. The molecule has 1 aliphatic heterocycles. The molecule has 1 aromatic heterocycles. The van der Waals surface area contributed by atoms with Gasteiger partial charge in [-0.2, -0.15) is 13.5 Å². The predicted molar refractivity (Wildman–Crippen MR) is 119 cm³/mol. The standard InChI is InChI=1S/C17H15ClN2O2.C4H6N2O3S/c18-14-7-5-12(6-8-14)16(21)19-15-4-1-3-13(11-15)17(22)20-9-2-10-20;1-6-3-2-4(5-6)10(7,8)9/h1,3-8,11H,2,9-10H2,(H,19,21);2-3H,1H3,(H,7,8,9). The Labute approximate surface area is 190 Å². The normalized spacial score (nSPS) is 12.9. The summed E-state index contributed by atoms with van der Waals surface area (Å²) < 4.78 is 30.3. The molecule has 2 aromatic carbocycles. The molecule has 4 rings (SSSR count). The third kappa shape index (κ3) is 6.16. The van der Waals surface area contributed by atoms with Gasteiger partial charge in [-0.25, -0.2) is 0 Å². The minimum Gasteiger partial charge on any atom is -0.339 e. The third-order valence-corrected chi connectivity index (χ3v) is 5.57. The minimum absolute atomic E-state index is 0.00819. The zero-order chi connectivity index (χ0) is 23.3. The lowest BCUT2D eigenvalue weighted by Gasteiger charge is -2.31. The Hall–Kier alpha value is -3.21. The first-order valence-electron chi connectivity index (χ1n) is 9.57. The summed E-state index contributed by atoms with van der Waals surface area (Å²) in [6.45, 7) is 1.61. The fraction of sp³-hybridized carbons (Fsp3) is 0.190. The van der Waals surface area contributed by atoms with Crippen molar-refractivity contribution in [3.63, 3.8) is 0 Å². The molecule has 2 N–H and O–H groups in total. The van der Waals surface area contributed by atoms with Gasteiger partial charge in [0.1, 0.15) is 0 Å². The monoisotopic (exact) mass is 476 g/mol. The number of halogens is 1. The first kappa shape index (κ1) is 23.5. The number of benzene rings is 2. The Kier molecular flexibility index (Phi) is 7.29. The zero-order valence-electron chi connectivity index (χ0n) is 17.1. The van der Waals surface area contributed by atoms with E-state index in [1.807, 2.05) is 0 Å². The maximum absolute atomic E-state index is 12.2. The molecule has 11 heteroatoms. The maximum Gasteiger partial charge on any atom is 0.313 e. The van der Waals surface area contributed by atoms with Crippen LogP contribution in [-0.2, 0) is 17.2 Å². The highest BCUT2D eigenvalue weighted by molar-refractivity contribution is 7.85. The van der Waals surface area contributed by atoms with Crippen LogP contribution in [0.4, 0.5) is 5.69 Å². The molecule has 0 spiro atoms. The van der Waals surface area contributed by atoms with E-state index in [9.17, 15) is 18.0 Å². The second kappa shape index (κ2) is 9.94. The lowest BCUT2D eigenvalue weighted by molar-refractivity contribution is 0.0651. The number of carbonyl (C=O) groups is 2.